The molecule has 0 atom stereocenters. The molecular formula is C14H17Cl2N3O2. The minimum absolute atomic E-state index is 0.199. The molecule has 0 aliphatic heterocycles. The van der Waals surface area contributed by atoms with Crippen LogP contribution in [-0.4, -0.2) is 35.1 Å². The maximum atomic E-state index is 12.3. The van der Waals surface area contributed by atoms with Crippen molar-refractivity contribution >= 4 is 34.8 Å². The van der Waals surface area contributed by atoms with Gasteiger partial charge in [-0.2, -0.15) is 0 Å². The van der Waals surface area contributed by atoms with Crippen LogP contribution in [0.2, 0.25) is 10.0 Å². The van der Waals surface area contributed by atoms with Crippen molar-refractivity contribution in [2.24, 2.45) is 0 Å². The van der Waals surface area contributed by atoms with E-state index in [4.69, 9.17) is 27.9 Å². The van der Waals surface area contributed by atoms with Crippen LogP contribution < -0.4 is 5.32 Å². The van der Waals surface area contributed by atoms with Gasteiger partial charge in [0.2, 0.25) is 0 Å². The zero-order valence-electron chi connectivity index (χ0n) is 11.9. The lowest BCUT2D eigenvalue weighted by molar-refractivity contribution is 0.0938. The van der Waals surface area contributed by atoms with E-state index >= 15 is 0 Å². The highest BCUT2D eigenvalue weighted by molar-refractivity contribution is 6.36. The molecule has 2 rings (SSSR count). The average molecular weight is 330 g/mol. The fourth-order valence-corrected chi connectivity index (χ4v) is 2.58. The molecule has 0 spiro atoms. The van der Waals surface area contributed by atoms with Gasteiger partial charge in [0.15, 0.2) is 5.65 Å². The van der Waals surface area contributed by atoms with E-state index in [2.05, 4.69) is 10.3 Å². The van der Waals surface area contributed by atoms with Gasteiger partial charge in [0.05, 0.1) is 15.7 Å². The summed E-state index contributed by atoms with van der Waals surface area (Å²) in [7, 11) is 0. The quantitative estimate of drug-likeness (QED) is 0.828. The van der Waals surface area contributed by atoms with Crippen LogP contribution in [0.25, 0.3) is 5.65 Å². The summed E-state index contributed by atoms with van der Waals surface area (Å²) in [4.78, 5) is 16.6. The Morgan fingerprint density at radius 2 is 2.24 bits per heavy atom. The summed E-state index contributed by atoms with van der Waals surface area (Å²) in [6.45, 7) is 5.55. The lowest BCUT2D eigenvalue weighted by Crippen LogP contribution is -2.27. The maximum absolute atomic E-state index is 12.3. The monoisotopic (exact) mass is 329 g/mol. The van der Waals surface area contributed by atoms with E-state index in [0.717, 1.165) is 6.42 Å². The summed E-state index contributed by atoms with van der Waals surface area (Å²) < 4.78 is 6.85. The SMILES string of the molecule is CCOCCCNC(=O)c1c(C)nc2c(Cl)cc(Cl)cn12. The van der Waals surface area contributed by atoms with Gasteiger partial charge in [-0.15, -0.1) is 0 Å². The molecule has 1 amide bonds. The number of carbonyl (C=O) groups excluding carboxylic acids is 1. The number of hydrogen-bond donors (Lipinski definition) is 1. The van der Waals surface area contributed by atoms with E-state index in [1.54, 1.807) is 23.6 Å². The predicted octanol–water partition coefficient (Wildman–Crippen LogP) is 3.11. The van der Waals surface area contributed by atoms with Crippen LogP contribution in [0.1, 0.15) is 29.5 Å². The van der Waals surface area contributed by atoms with Crippen LogP contribution in [0.3, 0.4) is 0 Å². The Labute approximate surface area is 133 Å². The molecule has 114 valence electrons. The van der Waals surface area contributed by atoms with E-state index in [-0.39, 0.29) is 5.91 Å². The van der Waals surface area contributed by atoms with Gasteiger partial charge in [-0.1, -0.05) is 23.2 Å². The molecule has 2 aromatic heterocycles. The first-order valence-corrected chi connectivity index (χ1v) is 7.49. The second-order valence-electron chi connectivity index (χ2n) is 4.55. The molecule has 0 saturated heterocycles. The van der Waals surface area contributed by atoms with Crippen molar-refractivity contribution in [1.29, 1.82) is 0 Å². The first kappa shape index (κ1) is 16.1. The third-order valence-corrected chi connectivity index (χ3v) is 3.47. The Balaban J connectivity index is 2.17. The standard InChI is InChI=1S/C14H17Cl2N3O2/c1-3-21-6-4-5-17-14(20)12-9(2)18-13-11(16)7-10(15)8-19(12)13/h7-8H,3-6H2,1-2H3,(H,17,20). The Hall–Kier alpha value is -1.30. The number of aryl methyl sites for hydroxylation is 1. The minimum Gasteiger partial charge on any atom is -0.382 e. The van der Waals surface area contributed by atoms with Gasteiger partial charge in [-0.3, -0.25) is 9.20 Å². The molecule has 0 radical (unpaired) electrons. The van der Waals surface area contributed by atoms with E-state index in [0.29, 0.717) is 46.8 Å². The minimum atomic E-state index is -0.199. The molecular weight excluding hydrogens is 313 g/mol. The molecule has 7 heteroatoms. The molecule has 0 unspecified atom stereocenters. The number of amides is 1. The molecule has 0 aliphatic rings. The third-order valence-electron chi connectivity index (χ3n) is 2.99. The second-order valence-corrected chi connectivity index (χ2v) is 5.40. The van der Waals surface area contributed by atoms with Gasteiger partial charge in [-0.05, 0) is 26.3 Å². The number of ether oxygens (including phenoxy) is 1. The number of hydrogen-bond acceptors (Lipinski definition) is 3. The lowest BCUT2D eigenvalue weighted by atomic mass is 10.3. The Morgan fingerprint density at radius 1 is 1.48 bits per heavy atom. The lowest BCUT2D eigenvalue weighted by Gasteiger charge is -2.06. The molecule has 21 heavy (non-hydrogen) atoms. The fourth-order valence-electron chi connectivity index (χ4n) is 2.06. The van der Waals surface area contributed by atoms with Crippen molar-refractivity contribution in [1.82, 2.24) is 14.7 Å². The van der Waals surface area contributed by atoms with E-state index in [9.17, 15) is 4.79 Å². The molecule has 2 aromatic rings. The molecule has 0 saturated carbocycles. The van der Waals surface area contributed by atoms with Crippen LogP contribution in [0.15, 0.2) is 12.3 Å². The zero-order valence-corrected chi connectivity index (χ0v) is 13.5. The number of pyridine rings is 1. The van der Waals surface area contributed by atoms with E-state index < -0.39 is 0 Å². The number of halogens is 2. The summed E-state index contributed by atoms with van der Waals surface area (Å²) >= 11 is 12.1. The number of aromatic nitrogens is 2. The van der Waals surface area contributed by atoms with Crippen molar-refractivity contribution in [2.75, 3.05) is 19.8 Å². The summed E-state index contributed by atoms with van der Waals surface area (Å²) in [5.74, 6) is -0.199. The normalized spacial score (nSPS) is 11.0. The van der Waals surface area contributed by atoms with Crippen LogP contribution in [0.4, 0.5) is 0 Å². The Kier molecular flexibility index (Phi) is 5.45. The van der Waals surface area contributed by atoms with Crippen LogP contribution >= 0.6 is 23.2 Å². The van der Waals surface area contributed by atoms with Crippen LogP contribution in [0, 0.1) is 6.92 Å². The predicted molar refractivity (Wildman–Crippen MR) is 83.4 cm³/mol. The summed E-state index contributed by atoms with van der Waals surface area (Å²) in [5, 5.41) is 3.72. The molecule has 0 fully saturated rings. The molecule has 2 heterocycles. The first-order chi connectivity index (χ1) is 10.0. The number of carbonyl (C=O) groups is 1. The van der Waals surface area contributed by atoms with Gasteiger partial charge >= 0.3 is 0 Å². The second kappa shape index (κ2) is 7.11. The topological polar surface area (TPSA) is 55.6 Å². The van der Waals surface area contributed by atoms with Crippen molar-refractivity contribution in [3.05, 3.63) is 33.7 Å². The van der Waals surface area contributed by atoms with E-state index in [1.807, 2.05) is 6.92 Å². The highest BCUT2D eigenvalue weighted by atomic mass is 35.5. The first-order valence-electron chi connectivity index (χ1n) is 6.74. The number of nitrogens with one attached hydrogen (secondary N) is 1. The van der Waals surface area contributed by atoms with Gasteiger partial charge < -0.3 is 10.1 Å². The summed E-state index contributed by atoms with van der Waals surface area (Å²) in [6, 6.07) is 1.61. The van der Waals surface area contributed by atoms with Crippen LogP contribution in [0.5, 0.6) is 0 Å². The smallest absolute Gasteiger partial charge is 0.270 e. The van der Waals surface area contributed by atoms with Gasteiger partial charge in [0.25, 0.3) is 5.91 Å². The Bertz CT molecular complexity index is 655. The largest absolute Gasteiger partial charge is 0.382 e. The van der Waals surface area contributed by atoms with Crippen molar-refractivity contribution in [3.63, 3.8) is 0 Å². The highest BCUT2D eigenvalue weighted by Gasteiger charge is 2.18. The average Bonchev–Trinajstić information content (AvgIpc) is 2.75. The molecule has 5 nitrogen and oxygen atoms in total. The number of nitrogens with zero attached hydrogens (tertiary/aromatic N) is 2. The van der Waals surface area contributed by atoms with Crippen LogP contribution in [-0.2, 0) is 4.74 Å². The molecule has 0 aromatic carbocycles. The van der Waals surface area contributed by atoms with Gasteiger partial charge in [0, 0.05) is 26.0 Å². The maximum Gasteiger partial charge on any atom is 0.270 e. The number of imidazole rings is 1. The van der Waals surface area contributed by atoms with Gasteiger partial charge in [-0.25, -0.2) is 4.98 Å². The highest BCUT2D eigenvalue weighted by Crippen LogP contribution is 2.24. The summed E-state index contributed by atoms with van der Waals surface area (Å²) in [6.07, 6.45) is 2.40. The molecule has 1 N–H and O–H groups in total. The fraction of sp³-hybridized carbons (Fsp3) is 0.429. The van der Waals surface area contributed by atoms with E-state index in [1.165, 1.54) is 0 Å². The summed E-state index contributed by atoms with van der Waals surface area (Å²) in [5.41, 5.74) is 1.59. The van der Waals surface area contributed by atoms with Crippen molar-refractivity contribution < 1.29 is 9.53 Å². The number of fused-ring (bicyclic) bond motifs is 1. The Morgan fingerprint density at radius 3 is 2.95 bits per heavy atom. The van der Waals surface area contributed by atoms with Crippen molar-refractivity contribution in [3.8, 4) is 0 Å². The van der Waals surface area contributed by atoms with Crippen molar-refractivity contribution in [2.45, 2.75) is 20.3 Å². The van der Waals surface area contributed by atoms with Gasteiger partial charge in [0.1, 0.15) is 5.69 Å². The zero-order chi connectivity index (χ0) is 15.4. The third kappa shape index (κ3) is 3.67. The number of rotatable bonds is 6. The molecule has 0 aliphatic carbocycles. The molecule has 0 bridgehead atoms.